The second kappa shape index (κ2) is 8.51. The summed E-state index contributed by atoms with van der Waals surface area (Å²) in [5, 5.41) is 8.44. The molecule has 0 heterocycles. The quantitative estimate of drug-likeness (QED) is 0.614. The second-order valence-electron chi connectivity index (χ2n) is 3.24. The van der Waals surface area contributed by atoms with E-state index in [1.54, 1.807) is 0 Å². The first kappa shape index (κ1) is 12.9. The van der Waals surface area contributed by atoms with Gasteiger partial charge in [-0.05, 0) is 12.8 Å². The highest BCUT2D eigenvalue weighted by atomic mass is 16.4. The van der Waals surface area contributed by atoms with E-state index in [2.05, 4.69) is 13.0 Å². The monoisotopic (exact) mass is 197 g/mol. The zero-order valence-corrected chi connectivity index (χ0v) is 8.65. The van der Waals surface area contributed by atoms with Crippen molar-refractivity contribution < 1.29 is 9.90 Å². The number of rotatable bonds is 7. The van der Waals surface area contributed by atoms with Crippen LogP contribution in [0.1, 0.15) is 32.6 Å². The fraction of sp³-hybridized carbons (Fsp3) is 0.545. The molecule has 0 radical (unpaired) electrons. The molecular weight excluding hydrogens is 178 g/mol. The molecule has 0 aliphatic heterocycles. The molecule has 0 aromatic rings. The Bertz CT molecular complexity index is 209. The lowest BCUT2D eigenvalue weighted by Crippen LogP contribution is -2.22. The summed E-state index contributed by atoms with van der Waals surface area (Å²) in [7, 11) is 0. The Morgan fingerprint density at radius 3 is 2.64 bits per heavy atom. The highest BCUT2D eigenvalue weighted by Crippen LogP contribution is 1.96. The smallest absolute Gasteiger partial charge is 0.304 e. The van der Waals surface area contributed by atoms with E-state index in [0.29, 0.717) is 6.42 Å². The summed E-state index contributed by atoms with van der Waals surface area (Å²) >= 11 is 0. The van der Waals surface area contributed by atoms with Crippen molar-refractivity contribution in [2.45, 2.75) is 38.6 Å². The van der Waals surface area contributed by atoms with Gasteiger partial charge in [-0.25, -0.2) is 0 Å². The largest absolute Gasteiger partial charge is 0.481 e. The number of hydrogen-bond donors (Lipinski definition) is 2. The molecule has 0 rings (SSSR count). The second-order valence-corrected chi connectivity index (χ2v) is 3.24. The van der Waals surface area contributed by atoms with Crippen LogP contribution in [0.4, 0.5) is 0 Å². The Morgan fingerprint density at radius 1 is 1.43 bits per heavy atom. The first-order valence-electron chi connectivity index (χ1n) is 4.95. The van der Waals surface area contributed by atoms with Crippen molar-refractivity contribution in [1.29, 1.82) is 0 Å². The van der Waals surface area contributed by atoms with Crippen LogP contribution in [0.15, 0.2) is 24.3 Å². The fourth-order valence-electron chi connectivity index (χ4n) is 0.981. The fourth-order valence-corrected chi connectivity index (χ4v) is 0.981. The SMILES string of the molecule is CCCC=CC=CCC(N)CC(=O)O. The first-order chi connectivity index (χ1) is 6.66. The first-order valence-corrected chi connectivity index (χ1v) is 4.95. The number of hydrogen-bond acceptors (Lipinski definition) is 2. The summed E-state index contributed by atoms with van der Waals surface area (Å²) in [5.41, 5.74) is 5.56. The van der Waals surface area contributed by atoms with Gasteiger partial charge in [0.05, 0.1) is 6.42 Å². The predicted molar refractivity (Wildman–Crippen MR) is 58.0 cm³/mol. The van der Waals surface area contributed by atoms with E-state index < -0.39 is 5.97 Å². The number of unbranched alkanes of at least 4 members (excludes halogenated alkanes) is 1. The number of carboxylic acid groups (broad SMARTS) is 1. The zero-order valence-electron chi connectivity index (χ0n) is 8.65. The number of carboxylic acids is 1. The predicted octanol–water partition coefficient (Wildman–Crippen LogP) is 2.09. The summed E-state index contributed by atoms with van der Waals surface area (Å²) in [6, 6.07) is -0.275. The van der Waals surface area contributed by atoms with Crippen LogP contribution < -0.4 is 5.73 Å². The van der Waals surface area contributed by atoms with Gasteiger partial charge in [0.25, 0.3) is 0 Å². The van der Waals surface area contributed by atoms with Gasteiger partial charge in [0, 0.05) is 6.04 Å². The van der Waals surface area contributed by atoms with Gasteiger partial charge in [-0.3, -0.25) is 4.79 Å². The lowest BCUT2D eigenvalue weighted by molar-refractivity contribution is -0.137. The highest BCUT2D eigenvalue weighted by Gasteiger charge is 2.04. The number of nitrogens with two attached hydrogens (primary N) is 1. The number of allylic oxidation sites excluding steroid dienone is 3. The van der Waals surface area contributed by atoms with Crippen LogP contribution in [0.2, 0.25) is 0 Å². The van der Waals surface area contributed by atoms with Crippen molar-refractivity contribution in [2.75, 3.05) is 0 Å². The van der Waals surface area contributed by atoms with Crippen molar-refractivity contribution in [3.05, 3.63) is 24.3 Å². The Balaban J connectivity index is 3.55. The molecule has 1 atom stereocenters. The summed E-state index contributed by atoms with van der Waals surface area (Å²) < 4.78 is 0. The van der Waals surface area contributed by atoms with Crippen molar-refractivity contribution in [3.63, 3.8) is 0 Å². The molecule has 0 saturated heterocycles. The Kier molecular flexibility index (Phi) is 7.84. The van der Waals surface area contributed by atoms with E-state index in [1.807, 2.05) is 18.2 Å². The highest BCUT2D eigenvalue weighted by molar-refractivity contribution is 5.67. The van der Waals surface area contributed by atoms with Crippen LogP contribution in [-0.2, 0) is 4.79 Å². The van der Waals surface area contributed by atoms with Crippen molar-refractivity contribution in [2.24, 2.45) is 5.73 Å². The molecule has 80 valence electrons. The van der Waals surface area contributed by atoms with Gasteiger partial charge in [0.1, 0.15) is 0 Å². The van der Waals surface area contributed by atoms with E-state index in [1.165, 1.54) is 0 Å². The molecule has 0 saturated carbocycles. The van der Waals surface area contributed by atoms with Gasteiger partial charge in [0.2, 0.25) is 0 Å². The molecule has 0 spiro atoms. The topological polar surface area (TPSA) is 63.3 Å². The normalized spacial score (nSPS) is 13.9. The lowest BCUT2D eigenvalue weighted by Gasteiger charge is -2.03. The minimum Gasteiger partial charge on any atom is -0.481 e. The maximum absolute atomic E-state index is 10.3. The van der Waals surface area contributed by atoms with Gasteiger partial charge < -0.3 is 10.8 Å². The van der Waals surface area contributed by atoms with E-state index in [4.69, 9.17) is 10.8 Å². The minimum atomic E-state index is -0.840. The Hall–Kier alpha value is -1.09. The van der Waals surface area contributed by atoms with Crippen molar-refractivity contribution in [1.82, 2.24) is 0 Å². The van der Waals surface area contributed by atoms with Gasteiger partial charge in [0.15, 0.2) is 0 Å². The molecule has 14 heavy (non-hydrogen) atoms. The third kappa shape index (κ3) is 9.00. The summed E-state index contributed by atoms with van der Waals surface area (Å²) in [4.78, 5) is 10.3. The Morgan fingerprint density at radius 2 is 2.07 bits per heavy atom. The number of aliphatic carboxylic acids is 1. The Labute approximate surface area is 85.3 Å². The number of carbonyl (C=O) groups is 1. The van der Waals surface area contributed by atoms with Gasteiger partial charge in [-0.2, -0.15) is 0 Å². The summed E-state index contributed by atoms with van der Waals surface area (Å²) in [6.45, 7) is 2.12. The van der Waals surface area contributed by atoms with Crippen molar-refractivity contribution in [3.8, 4) is 0 Å². The molecule has 0 aromatic carbocycles. The van der Waals surface area contributed by atoms with Crippen LogP contribution in [-0.4, -0.2) is 17.1 Å². The zero-order chi connectivity index (χ0) is 10.8. The molecule has 1 unspecified atom stereocenters. The van der Waals surface area contributed by atoms with E-state index in [-0.39, 0.29) is 12.5 Å². The molecule has 3 nitrogen and oxygen atoms in total. The third-order valence-corrected chi connectivity index (χ3v) is 1.71. The van der Waals surface area contributed by atoms with Crippen LogP contribution in [0.3, 0.4) is 0 Å². The summed E-state index contributed by atoms with van der Waals surface area (Å²) in [5.74, 6) is -0.840. The third-order valence-electron chi connectivity index (χ3n) is 1.71. The average Bonchev–Trinajstić information content (AvgIpc) is 2.10. The maximum atomic E-state index is 10.3. The molecule has 0 aromatic heterocycles. The average molecular weight is 197 g/mol. The maximum Gasteiger partial charge on any atom is 0.304 e. The lowest BCUT2D eigenvalue weighted by atomic mass is 10.1. The minimum absolute atomic E-state index is 0.0308. The molecule has 0 fully saturated rings. The standard InChI is InChI=1S/C11H19NO2/c1-2-3-4-5-6-7-8-10(12)9-11(13)14/h4-7,10H,2-3,8-9,12H2,1H3,(H,13,14). The van der Waals surface area contributed by atoms with Crippen LogP contribution in [0, 0.1) is 0 Å². The molecular formula is C11H19NO2. The van der Waals surface area contributed by atoms with Crippen molar-refractivity contribution >= 4 is 5.97 Å². The van der Waals surface area contributed by atoms with E-state index >= 15 is 0 Å². The van der Waals surface area contributed by atoms with Crippen LogP contribution >= 0.6 is 0 Å². The molecule has 3 heteroatoms. The van der Waals surface area contributed by atoms with E-state index in [9.17, 15) is 4.79 Å². The van der Waals surface area contributed by atoms with Crippen LogP contribution in [0.25, 0.3) is 0 Å². The van der Waals surface area contributed by atoms with Gasteiger partial charge in [-0.15, -0.1) is 0 Å². The summed E-state index contributed by atoms with van der Waals surface area (Å²) in [6.07, 6.45) is 10.7. The molecule has 3 N–H and O–H groups in total. The molecule has 0 amide bonds. The van der Waals surface area contributed by atoms with Gasteiger partial charge in [-0.1, -0.05) is 37.6 Å². The molecule has 0 bridgehead atoms. The van der Waals surface area contributed by atoms with E-state index in [0.717, 1.165) is 12.8 Å². The molecule has 0 aliphatic carbocycles. The van der Waals surface area contributed by atoms with Crippen LogP contribution in [0.5, 0.6) is 0 Å². The molecule has 0 aliphatic rings. The van der Waals surface area contributed by atoms with Gasteiger partial charge >= 0.3 is 5.97 Å².